The molecule has 0 amide bonds. The molecular formula is C19H24N4O2. The van der Waals surface area contributed by atoms with E-state index >= 15 is 0 Å². The van der Waals surface area contributed by atoms with Gasteiger partial charge in [-0.05, 0) is 45.0 Å². The monoisotopic (exact) mass is 340 g/mol. The second-order valence-corrected chi connectivity index (χ2v) is 6.72. The zero-order valence-electron chi connectivity index (χ0n) is 14.9. The maximum Gasteiger partial charge on any atom is 0.356 e. The Morgan fingerprint density at radius 2 is 1.92 bits per heavy atom. The van der Waals surface area contributed by atoms with Crippen molar-refractivity contribution in [1.82, 2.24) is 18.9 Å². The summed E-state index contributed by atoms with van der Waals surface area (Å²) in [5.41, 5.74) is 3.33. The van der Waals surface area contributed by atoms with E-state index in [1.54, 1.807) is 0 Å². The van der Waals surface area contributed by atoms with Crippen LogP contribution in [-0.2, 0) is 11.3 Å². The third kappa shape index (κ3) is 2.70. The number of hydrogen-bond donors (Lipinski definition) is 0. The van der Waals surface area contributed by atoms with Crippen molar-refractivity contribution in [3.63, 3.8) is 0 Å². The van der Waals surface area contributed by atoms with Crippen LogP contribution in [0.2, 0.25) is 0 Å². The van der Waals surface area contributed by atoms with Gasteiger partial charge in [0.05, 0.1) is 18.1 Å². The minimum absolute atomic E-state index is 0.317. The van der Waals surface area contributed by atoms with Crippen LogP contribution < -0.4 is 0 Å². The van der Waals surface area contributed by atoms with Gasteiger partial charge in [-0.15, -0.1) is 0 Å². The number of esters is 1. The van der Waals surface area contributed by atoms with Crippen LogP contribution in [0.15, 0.2) is 24.3 Å². The van der Waals surface area contributed by atoms with Crippen LogP contribution in [0.25, 0.3) is 16.8 Å². The molecule has 2 aromatic heterocycles. The molecule has 0 N–H and O–H groups in total. The number of carbonyl (C=O) groups excluding carboxylic acids is 1. The van der Waals surface area contributed by atoms with Crippen molar-refractivity contribution in [2.24, 2.45) is 0 Å². The predicted octanol–water partition coefficient (Wildman–Crippen LogP) is 2.87. The third-order valence-electron chi connectivity index (χ3n) is 5.22. The van der Waals surface area contributed by atoms with Crippen molar-refractivity contribution in [3.05, 3.63) is 35.7 Å². The molecule has 0 radical (unpaired) electrons. The number of rotatable bonds is 4. The Labute approximate surface area is 147 Å². The number of imidazole rings is 2. The highest BCUT2D eigenvalue weighted by atomic mass is 16.5. The number of ether oxygens (including phenoxy) is 1. The van der Waals surface area contributed by atoms with Crippen LogP contribution in [0.3, 0.4) is 0 Å². The molecule has 1 fully saturated rings. The first-order chi connectivity index (χ1) is 12.2. The molecule has 4 rings (SSSR count). The number of piperidine rings is 1. The van der Waals surface area contributed by atoms with Gasteiger partial charge in [0.2, 0.25) is 5.78 Å². The highest BCUT2D eigenvalue weighted by molar-refractivity contribution is 5.93. The standard InChI is InChI=1S/C19H24N4O2/c1-14-17(18(24)25-2)23-16-9-5-4-8-15(16)20-19(23)22(14)13-12-21-10-6-3-7-11-21/h4-5,8-9H,3,6-7,10-13H2,1-2H3. The number of aromatic nitrogens is 3. The summed E-state index contributed by atoms with van der Waals surface area (Å²) in [5.74, 6) is 0.499. The second kappa shape index (κ2) is 6.52. The van der Waals surface area contributed by atoms with E-state index in [1.807, 2.05) is 35.6 Å². The molecule has 0 atom stereocenters. The van der Waals surface area contributed by atoms with Crippen molar-refractivity contribution in [2.45, 2.75) is 32.7 Å². The lowest BCUT2D eigenvalue weighted by molar-refractivity contribution is 0.0592. The molecular weight excluding hydrogens is 316 g/mol. The lowest BCUT2D eigenvalue weighted by Gasteiger charge is -2.26. The van der Waals surface area contributed by atoms with Crippen LogP contribution in [-0.4, -0.2) is 51.6 Å². The Morgan fingerprint density at radius 3 is 2.68 bits per heavy atom. The fourth-order valence-corrected chi connectivity index (χ4v) is 3.88. The van der Waals surface area contributed by atoms with E-state index in [0.717, 1.165) is 48.7 Å². The van der Waals surface area contributed by atoms with Gasteiger partial charge in [-0.1, -0.05) is 18.6 Å². The van der Waals surface area contributed by atoms with Gasteiger partial charge in [-0.25, -0.2) is 9.78 Å². The number of methoxy groups -OCH3 is 1. The van der Waals surface area contributed by atoms with Gasteiger partial charge in [0, 0.05) is 18.8 Å². The fourth-order valence-electron chi connectivity index (χ4n) is 3.88. The highest BCUT2D eigenvalue weighted by Crippen LogP contribution is 2.24. The van der Waals surface area contributed by atoms with E-state index in [9.17, 15) is 4.79 Å². The maximum absolute atomic E-state index is 12.4. The number of nitrogens with zero attached hydrogens (tertiary/aromatic N) is 4. The van der Waals surface area contributed by atoms with Crippen LogP contribution >= 0.6 is 0 Å². The summed E-state index contributed by atoms with van der Waals surface area (Å²) in [4.78, 5) is 19.7. The van der Waals surface area contributed by atoms with Crippen LogP contribution in [0.1, 0.15) is 35.4 Å². The number of likely N-dealkylation sites (tertiary alicyclic amines) is 1. The summed E-state index contributed by atoms with van der Waals surface area (Å²) < 4.78 is 9.13. The zero-order valence-corrected chi connectivity index (χ0v) is 14.9. The molecule has 1 saturated heterocycles. The molecule has 3 aromatic rings. The first-order valence-electron chi connectivity index (χ1n) is 8.97. The summed E-state index contributed by atoms with van der Waals surface area (Å²) >= 11 is 0. The summed E-state index contributed by atoms with van der Waals surface area (Å²) in [7, 11) is 1.43. The lowest BCUT2D eigenvalue weighted by Crippen LogP contribution is -2.32. The third-order valence-corrected chi connectivity index (χ3v) is 5.22. The Hall–Kier alpha value is -2.34. The quantitative estimate of drug-likeness (QED) is 0.685. The molecule has 1 aromatic carbocycles. The van der Waals surface area contributed by atoms with E-state index < -0.39 is 0 Å². The summed E-state index contributed by atoms with van der Waals surface area (Å²) in [6.07, 6.45) is 3.89. The van der Waals surface area contributed by atoms with Crippen LogP contribution in [0, 0.1) is 6.92 Å². The predicted molar refractivity (Wildman–Crippen MR) is 97.1 cm³/mol. The molecule has 3 heterocycles. The van der Waals surface area contributed by atoms with E-state index in [-0.39, 0.29) is 5.97 Å². The summed E-state index contributed by atoms with van der Waals surface area (Å²) in [6.45, 7) is 6.12. The first-order valence-corrected chi connectivity index (χ1v) is 8.97. The lowest BCUT2D eigenvalue weighted by atomic mass is 10.1. The highest BCUT2D eigenvalue weighted by Gasteiger charge is 2.24. The number of benzene rings is 1. The van der Waals surface area contributed by atoms with Crippen molar-refractivity contribution in [2.75, 3.05) is 26.7 Å². The van der Waals surface area contributed by atoms with Gasteiger partial charge in [0.25, 0.3) is 0 Å². The van der Waals surface area contributed by atoms with Crippen LogP contribution in [0.5, 0.6) is 0 Å². The zero-order chi connectivity index (χ0) is 17.4. The maximum atomic E-state index is 12.4. The van der Waals surface area contributed by atoms with Gasteiger partial charge in [-0.2, -0.15) is 0 Å². The van der Waals surface area contributed by atoms with Gasteiger partial charge in [0.15, 0.2) is 5.69 Å². The molecule has 132 valence electrons. The molecule has 6 nitrogen and oxygen atoms in total. The number of fused-ring (bicyclic) bond motifs is 3. The van der Waals surface area contributed by atoms with Crippen molar-refractivity contribution < 1.29 is 9.53 Å². The minimum Gasteiger partial charge on any atom is -0.464 e. The molecule has 1 aliphatic rings. The van der Waals surface area contributed by atoms with E-state index in [2.05, 4.69) is 9.47 Å². The fraction of sp³-hybridized carbons (Fsp3) is 0.474. The SMILES string of the molecule is COC(=O)c1c(C)n(CCN2CCCCC2)c2nc3ccccc3n12. The smallest absolute Gasteiger partial charge is 0.356 e. The van der Waals surface area contributed by atoms with Crippen molar-refractivity contribution >= 4 is 22.8 Å². The van der Waals surface area contributed by atoms with Gasteiger partial charge >= 0.3 is 5.97 Å². The van der Waals surface area contributed by atoms with Gasteiger partial charge in [0.1, 0.15) is 0 Å². The molecule has 6 heteroatoms. The molecule has 0 aliphatic carbocycles. The Balaban J connectivity index is 1.79. The van der Waals surface area contributed by atoms with Gasteiger partial charge in [-0.3, -0.25) is 4.40 Å². The number of carbonyl (C=O) groups is 1. The Morgan fingerprint density at radius 1 is 1.16 bits per heavy atom. The summed E-state index contributed by atoms with van der Waals surface area (Å²) in [5, 5.41) is 0. The number of para-hydroxylation sites is 2. The average molecular weight is 340 g/mol. The molecule has 1 aliphatic heterocycles. The molecule has 0 bridgehead atoms. The van der Waals surface area contributed by atoms with E-state index in [4.69, 9.17) is 9.72 Å². The van der Waals surface area contributed by atoms with Gasteiger partial charge < -0.3 is 14.2 Å². The van der Waals surface area contributed by atoms with E-state index in [1.165, 1.54) is 26.4 Å². The molecule has 25 heavy (non-hydrogen) atoms. The second-order valence-electron chi connectivity index (χ2n) is 6.72. The van der Waals surface area contributed by atoms with Crippen molar-refractivity contribution in [3.8, 4) is 0 Å². The summed E-state index contributed by atoms with van der Waals surface area (Å²) in [6, 6.07) is 7.92. The average Bonchev–Trinajstić information content (AvgIpc) is 3.14. The number of hydrogen-bond acceptors (Lipinski definition) is 4. The normalized spacial score (nSPS) is 15.9. The van der Waals surface area contributed by atoms with E-state index in [0.29, 0.717) is 5.69 Å². The van der Waals surface area contributed by atoms with Crippen LogP contribution in [0.4, 0.5) is 0 Å². The molecule has 0 unspecified atom stereocenters. The topological polar surface area (TPSA) is 51.8 Å². The largest absolute Gasteiger partial charge is 0.464 e. The first kappa shape index (κ1) is 16.1. The Bertz CT molecular complexity index is 918. The molecule has 0 spiro atoms. The Kier molecular flexibility index (Phi) is 4.21. The van der Waals surface area contributed by atoms with Crippen molar-refractivity contribution in [1.29, 1.82) is 0 Å². The molecule has 0 saturated carbocycles. The minimum atomic E-state index is -0.317.